The molecule has 37 heavy (non-hydrogen) atoms. The van der Waals surface area contributed by atoms with Crippen LogP contribution in [0, 0.1) is 5.82 Å². The van der Waals surface area contributed by atoms with E-state index in [-0.39, 0.29) is 18.0 Å². The van der Waals surface area contributed by atoms with Gasteiger partial charge in [0.05, 0.1) is 44.5 Å². The number of aryl methyl sites for hydroxylation is 1. The number of halogens is 1. The summed E-state index contributed by atoms with van der Waals surface area (Å²) in [5.41, 5.74) is 8.27. The van der Waals surface area contributed by atoms with Gasteiger partial charge < -0.3 is 25.1 Å². The maximum absolute atomic E-state index is 15.5. The van der Waals surface area contributed by atoms with Crippen LogP contribution in [0.1, 0.15) is 12.2 Å². The van der Waals surface area contributed by atoms with Gasteiger partial charge in [-0.2, -0.15) is 5.10 Å². The molecule has 190 valence electrons. The average Bonchev–Trinajstić information content (AvgIpc) is 3.63. The molecule has 0 fully saturated rings. The van der Waals surface area contributed by atoms with Gasteiger partial charge in [-0.15, -0.1) is 0 Å². The number of benzene rings is 1. The van der Waals surface area contributed by atoms with Gasteiger partial charge in [0, 0.05) is 42.8 Å². The minimum Gasteiger partial charge on any atom is -0.497 e. The van der Waals surface area contributed by atoms with Crippen LogP contribution in [0.15, 0.2) is 55.2 Å². The van der Waals surface area contributed by atoms with E-state index in [0.29, 0.717) is 40.8 Å². The van der Waals surface area contributed by atoms with Crippen molar-refractivity contribution in [2.75, 3.05) is 25.7 Å². The number of aromatic nitrogens is 7. The molecule has 0 radical (unpaired) electrons. The van der Waals surface area contributed by atoms with Crippen LogP contribution in [-0.2, 0) is 13.1 Å². The largest absolute Gasteiger partial charge is 0.497 e. The number of pyridine rings is 1. The molecule has 1 aromatic carbocycles. The molecule has 5 rings (SSSR count). The third kappa shape index (κ3) is 5.05. The molecule has 3 N–H and O–H groups in total. The number of hydrogen-bond donors (Lipinski definition) is 2. The zero-order valence-corrected chi connectivity index (χ0v) is 20.4. The zero-order chi connectivity index (χ0) is 25.8. The summed E-state index contributed by atoms with van der Waals surface area (Å²) in [6.45, 7) is 1.52. The smallest absolute Gasteiger partial charge is 0.188 e. The van der Waals surface area contributed by atoms with E-state index in [4.69, 9.17) is 25.2 Å². The van der Waals surface area contributed by atoms with Crippen molar-refractivity contribution in [3.63, 3.8) is 0 Å². The highest BCUT2D eigenvalue weighted by Gasteiger charge is 2.22. The molecule has 5 aromatic rings. The summed E-state index contributed by atoms with van der Waals surface area (Å²) in [7, 11) is 2.92. The summed E-state index contributed by atoms with van der Waals surface area (Å²) in [6, 6.07) is 6.63. The van der Waals surface area contributed by atoms with Gasteiger partial charge in [-0.05, 0) is 25.1 Å². The summed E-state index contributed by atoms with van der Waals surface area (Å²) in [5.74, 6) is 0.998. The molecule has 0 saturated carbocycles. The van der Waals surface area contributed by atoms with E-state index in [9.17, 15) is 0 Å². The van der Waals surface area contributed by atoms with Crippen molar-refractivity contribution in [2.24, 2.45) is 5.73 Å². The Bertz CT molecular complexity index is 1500. The Morgan fingerprint density at radius 1 is 1.11 bits per heavy atom. The van der Waals surface area contributed by atoms with Crippen LogP contribution >= 0.6 is 0 Å². The molecule has 0 unspecified atom stereocenters. The molecular weight excluding hydrogens is 477 g/mol. The monoisotopic (exact) mass is 503 g/mol. The number of aromatic amines is 1. The highest BCUT2D eigenvalue weighted by atomic mass is 19.1. The molecule has 11 nitrogen and oxygen atoms in total. The number of imidazole rings is 1. The number of nitrogens with one attached hydrogen (secondary N) is 1. The van der Waals surface area contributed by atoms with Gasteiger partial charge in [0.15, 0.2) is 17.2 Å². The summed E-state index contributed by atoms with van der Waals surface area (Å²) in [6.07, 6.45) is 9.48. The first-order valence-corrected chi connectivity index (χ1v) is 11.6. The Hall–Kier alpha value is -4.58. The van der Waals surface area contributed by atoms with E-state index in [0.717, 1.165) is 18.5 Å². The molecule has 0 aliphatic carbocycles. The predicted octanol–water partition coefficient (Wildman–Crippen LogP) is 3.45. The van der Waals surface area contributed by atoms with Gasteiger partial charge in [0.1, 0.15) is 22.9 Å². The number of fused-ring (bicyclic) bond motifs is 1. The number of methoxy groups -OCH3 is 2. The van der Waals surface area contributed by atoms with Crippen LogP contribution in [-0.4, -0.2) is 55.5 Å². The lowest BCUT2D eigenvalue weighted by Crippen LogP contribution is -2.20. The Labute approximate surface area is 212 Å². The van der Waals surface area contributed by atoms with Crippen LogP contribution in [0.2, 0.25) is 0 Å². The summed E-state index contributed by atoms with van der Waals surface area (Å²) in [4.78, 5) is 23.0. The van der Waals surface area contributed by atoms with Crippen molar-refractivity contribution in [3.05, 3.63) is 66.9 Å². The SMILES string of the molecule is COc1cc(OC)c(F)c(N(Cc2ncc[nH]2)c2ccc3ncc(-c4cnn(CCCN)c4)nc3n2)c1. The second kappa shape index (κ2) is 10.6. The molecular formula is C25H26FN9O2. The lowest BCUT2D eigenvalue weighted by Gasteiger charge is -2.25. The minimum absolute atomic E-state index is 0.0494. The second-order valence-corrected chi connectivity index (χ2v) is 8.19. The second-order valence-electron chi connectivity index (χ2n) is 8.19. The molecule has 4 heterocycles. The number of H-pyrrole nitrogens is 1. The Morgan fingerprint density at radius 2 is 2.00 bits per heavy atom. The number of rotatable bonds is 10. The van der Waals surface area contributed by atoms with Gasteiger partial charge in [-0.25, -0.2) is 19.3 Å². The maximum atomic E-state index is 15.5. The van der Waals surface area contributed by atoms with E-state index in [1.165, 1.54) is 20.3 Å². The topological polar surface area (TPSA) is 133 Å². The van der Waals surface area contributed by atoms with E-state index < -0.39 is 5.82 Å². The van der Waals surface area contributed by atoms with Crippen molar-refractivity contribution >= 4 is 22.7 Å². The fourth-order valence-corrected chi connectivity index (χ4v) is 3.89. The molecule has 0 spiro atoms. The van der Waals surface area contributed by atoms with Gasteiger partial charge in [0.2, 0.25) is 0 Å². The predicted molar refractivity (Wildman–Crippen MR) is 136 cm³/mol. The van der Waals surface area contributed by atoms with E-state index >= 15 is 4.39 Å². The lowest BCUT2D eigenvalue weighted by molar-refractivity contribution is 0.374. The first kappa shape index (κ1) is 24.1. The minimum atomic E-state index is -0.554. The molecule has 0 aliphatic heterocycles. The van der Waals surface area contributed by atoms with Gasteiger partial charge >= 0.3 is 0 Å². The van der Waals surface area contributed by atoms with Crippen LogP contribution in [0.25, 0.3) is 22.4 Å². The third-order valence-corrected chi connectivity index (χ3v) is 5.79. The Morgan fingerprint density at radius 3 is 2.76 bits per heavy atom. The highest BCUT2D eigenvalue weighted by molar-refractivity contribution is 5.77. The third-order valence-electron chi connectivity index (χ3n) is 5.79. The van der Waals surface area contributed by atoms with Crippen LogP contribution < -0.4 is 20.1 Å². The fourth-order valence-electron chi connectivity index (χ4n) is 3.89. The number of nitrogens with two attached hydrogens (primary N) is 1. The summed E-state index contributed by atoms with van der Waals surface area (Å²) >= 11 is 0. The Kier molecular flexibility index (Phi) is 6.90. The van der Waals surface area contributed by atoms with Crippen molar-refractivity contribution in [2.45, 2.75) is 19.5 Å². The Balaban J connectivity index is 1.58. The van der Waals surface area contributed by atoms with Crippen LogP contribution in [0.3, 0.4) is 0 Å². The molecule has 4 aromatic heterocycles. The van der Waals surface area contributed by atoms with Gasteiger partial charge in [-0.3, -0.25) is 9.67 Å². The molecule has 0 amide bonds. The fraction of sp³-hybridized carbons (Fsp3) is 0.240. The van der Waals surface area contributed by atoms with Crippen molar-refractivity contribution < 1.29 is 13.9 Å². The number of hydrogen-bond acceptors (Lipinski definition) is 9. The lowest BCUT2D eigenvalue weighted by atomic mass is 10.2. The number of nitrogens with zero attached hydrogens (tertiary/aromatic N) is 7. The van der Waals surface area contributed by atoms with Gasteiger partial charge in [0.25, 0.3) is 0 Å². The highest BCUT2D eigenvalue weighted by Crippen LogP contribution is 2.37. The first-order chi connectivity index (χ1) is 18.1. The first-order valence-electron chi connectivity index (χ1n) is 11.6. The average molecular weight is 504 g/mol. The van der Waals surface area contributed by atoms with Crippen LogP contribution in [0.5, 0.6) is 11.5 Å². The normalized spacial score (nSPS) is 11.1. The zero-order valence-electron chi connectivity index (χ0n) is 20.4. The molecule has 0 saturated heterocycles. The van der Waals surface area contributed by atoms with E-state index in [1.807, 2.05) is 10.9 Å². The number of ether oxygens (including phenoxy) is 2. The standard InChI is InChI=1S/C25H26FN9O2/c1-36-17-10-20(24(26)21(11-17)37-2)35(15-22-28-7-8-29-22)23-5-4-18-25(33-23)32-19(13-30-18)16-12-31-34(14-16)9-3-6-27/h4-5,7-8,10-14H,3,6,9,15,27H2,1-2H3,(H,28,29). The molecule has 12 heteroatoms. The maximum Gasteiger partial charge on any atom is 0.188 e. The number of anilines is 2. The molecule has 0 bridgehead atoms. The molecule has 0 atom stereocenters. The van der Waals surface area contributed by atoms with E-state index in [2.05, 4.69) is 20.1 Å². The van der Waals surface area contributed by atoms with Crippen molar-refractivity contribution in [3.8, 4) is 22.8 Å². The molecule has 0 aliphatic rings. The summed E-state index contributed by atoms with van der Waals surface area (Å²) in [5, 5.41) is 4.37. The van der Waals surface area contributed by atoms with Crippen molar-refractivity contribution in [1.29, 1.82) is 0 Å². The van der Waals surface area contributed by atoms with Crippen LogP contribution in [0.4, 0.5) is 15.9 Å². The van der Waals surface area contributed by atoms with Crippen molar-refractivity contribution in [1.82, 2.24) is 34.7 Å². The van der Waals surface area contributed by atoms with E-state index in [1.54, 1.807) is 47.9 Å². The van der Waals surface area contributed by atoms with Gasteiger partial charge in [-0.1, -0.05) is 0 Å². The summed E-state index contributed by atoms with van der Waals surface area (Å²) < 4.78 is 28.0. The quantitative estimate of drug-likeness (QED) is 0.294.